The van der Waals surface area contributed by atoms with Gasteiger partial charge in [0.2, 0.25) is 0 Å². The van der Waals surface area contributed by atoms with Crippen LogP contribution in [0.1, 0.15) is 12.0 Å². The maximum Gasteiger partial charge on any atom is 0.159 e. The predicted molar refractivity (Wildman–Crippen MR) is 89.3 cm³/mol. The van der Waals surface area contributed by atoms with E-state index >= 15 is 0 Å². The Labute approximate surface area is 138 Å². The molecule has 0 saturated heterocycles. The van der Waals surface area contributed by atoms with Gasteiger partial charge in [-0.3, -0.25) is 9.00 Å². The number of allylic oxidation sites excluding steroid dienone is 3. The topological polar surface area (TPSA) is 54.4 Å². The standard InChI is InChI=1S/C19H20O3S/c1-12-2-6-15(7-3-12)23(22)11-19(21)9-8-16(20)17-13-4-5-14(10-13)18(17)19/h2-9,13-14,17-18,21H,10-11H2,1H3/t13-,14+,17+,18+,19+,23+/m0/s1. The Balaban J connectivity index is 1.63. The molecule has 0 unspecified atom stereocenters. The normalized spacial score (nSPS) is 38.8. The van der Waals surface area contributed by atoms with Gasteiger partial charge in [-0.1, -0.05) is 29.8 Å². The molecule has 1 saturated carbocycles. The molecule has 1 fully saturated rings. The minimum absolute atomic E-state index is 0.109. The Hall–Kier alpha value is -1.52. The zero-order chi connectivity index (χ0) is 16.2. The van der Waals surface area contributed by atoms with Gasteiger partial charge in [-0.2, -0.15) is 0 Å². The lowest BCUT2D eigenvalue weighted by Gasteiger charge is -2.41. The van der Waals surface area contributed by atoms with Gasteiger partial charge < -0.3 is 5.11 Å². The summed E-state index contributed by atoms with van der Waals surface area (Å²) in [5.74, 6) is 0.440. The Bertz CT molecular complexity index is 733. The lowest BCUT2D eigenvalue weighted by atomic mass is 9.68. The van der Waals surface area contributed by atoms with Gasteiger partial charge in [0, 0.05) is 16.7 Å². The summed E-state index contributed by atoms with van der Waals surface area (Å²) in [6.45, 7) is 1.99. The van der Waals surface area contributed by atoms with Crippen molar-refractivity contribution in [3.63, 3.8) is 0 Å². The third kappa shape index (κ3) is 2.36. The Morgan fingerprint density at radius 3 is 2.65 bits per heavy atom. The summed E-state index contributed by atoms with van der Waals surface area (Å²) < 4.78 is 12.7. The van der Waals surface area contributed by atoms with E-state index in [-0.39, 0.29) is 35.2 Å². The molecule has 1 N–H and O–H groups in total. The molecule has 0 aliphatic heterocycles. The van der Waals surface area contributed by atoms with Crippen LogP contribution in [0.3, 0.4) is 0 Å². The van der Waals surface area contributed by atoms with Crippen molar-refractivity contribution >= 4 is 16.6 Å². The van der Waals surface area contributed by atoms with Crippen LogP contribution in [0.4, 0.5) is 0 Å². The summed E-state index contributed by atoms with van der Waals surface area (Å²) in [7, 11) is -1.29. The van der Waals surface area contributed by atoms with E-state index in [1.165, 1.54) is 6.08 Å². The zero-order valence-corrected chi connectivity index (χ0v) is 13.8. The van der Waals surface area contributed by atoms with Crippen LogP contribution in [0.25, 0.3) is 0 Å². The van der Waals surface area contributed by atoms with Crippen LogP contribution in [0.5, 0.6) is 0 Å². The molecule has 0 spiro atoms. The zero-order valence-electron chi connectivity index (χ0n) is 13.0. The molecule has 2 bridgehead atoms. The van der Waals surface area contributed by atoms with Crippen LogP contribution in [0.2, 0.25) is 0 Å². The number of hydrogen-bond donors (Lipinski definition) is 1. The summed E-state index contributed by atoms with van der Waals surface area (Å²) in [5, 5.41) is 11.2. The smallest absolute Gasteiger partial charge is 0.159 e. The fourth-order valence-corrected chi connectivity index (χ4v) is 5.78. The molecule has 4 heteroatoms. The van der Waals surface area contributed by atoms with Crippen LogP contribution in [0.15, 0.2) is 53.5 Å². The first-order valence-corrected chi connectivity index (χ1v) is 9.39. The number of carbonyl (C=O) groups is 1. The molecule has 3 aliphatic carbocycles. The van der Waals surface area contributed by atoms with Gasteiger partial charge in [0.05, 0.1) is 22.2 Å². The second kappa shape index (κ2) is 5.25. The third-order valence-corrected chi connectivity index (χ3v) is 7.07. The third-order valence-electron chi connectivity index (χ3n) is 5.55. The van der Waals surface area contributed by atoms with Crippen molar-refractivity contribution in [2.45, 2.75) is 23.8 Å². The number of carbonyl (C=O) groups excluding carboxylic acids is 1. The summed E-state index contributed by atoms with van der Waals surface area (Å²) in [5.41, 5.74) is -0.0516. The van der Waals surface area contributed by atoms with Crippen molar-refractivity contribution in [1.82, 2.24) is 0 Å². The molecule has 0 heterocycles. The average molecular weight is 328 g/mol. The summed E-state index contributed by atoms with van der Waals surface area (Å²) >= 11 is 0. The monoisotopic (exact) mass is 328 g/mol. The van der Waals surface area contributed by atoms with E-state index in [0.29, 0.717) is 0 Å². The van der Waals surface area contributed by atoms with Gasteiger partial charge in [-0.25, -0.2) is 0 Å². The SMILES string of the molecule is Cc1ccc([S@](=O)C[C@]2(O)C=CC(=O)[C@@H]3[C@H]2[C@@H]2C=C[C@H]3C2)cc1. The molecular formula is C19H20O3S. The molecule has 0 aromatic heterocycles. The van der Waals surface area contributed by atoms with E-state index in [4.69, 9.17) is 0 Å². The highest BCUT2D eigenvalue weighted by molar-refractivity contribution is 7.85. The van der Waals surface area contributed by atoms with Gasteiger partial charge in [0.25, 0.3) is 0 Å². The van der Waals surface area contributed by atoms with E-state index in [0.717, 1.165) is 16.9 Å². The number of benzene rings is 1. The van der Waals surface area contributed by atoms with Crippen molar-refractivity contribution in [2.75, 3.05) is 5.75 Å². The first-order chi connectivity index (χ1) is 11.0. The van der Waals surface area contributed by atoms with Crippen molar-refractivity contribution < 1.29 is 14.1 Å². The minimum atomic E-state index is -1.29. The van der Waals surface area contributed by atoms with Crippen LogP contribution >= 0.6 is 0 Å². The number of ketones is 1. The average Bonchev–Trinajstić information content (AvgIpc) is 3.14. The highest BCUT2D eigenvalue weighted by atomic mass is 32.2. The first kappa shape index (κ1) is 15.0. The molecule has 0 radical (unpaired) electrons. The lowest BCUT2D eigenvalue weighted by molar-refractivity contribution is -0.125. The van der Waals surface area contributed by atoms with Crippen LogP contribution < -0.4 is 0 Å². The maximum atomic E-state index is 12.7. The Morgan fingerprint density at radius 1 is 1.22 bits per heavy atom. The summed E-state index contributed by atoms with van der Waals surface area (Å²) in [6, 6.07) is 7.57. The number of fused-ring (bicyclic) bond motifs is 5. The molecule has 6 atom stereocenters. The van der Waals surface area contributed by atoms with Crippen LogP contribution in [-0.2, 0) is 15.6 Å². The first-order valence-electron chi connectivity index (χ1n) is 8.07. The molecule has 120 valence electrons. The maximum absolute atomic E-state index is 12.7. The van der Waals surface area contributed by atoms with Crippen LogP contribution in [0, 0.1) is 30.6 Å². The quantitative estimate of drug-likeness (QED) is 0.867. The molecule has 3 aliphatic rings. The van der Waals surface area contributed by atoms with E-state index in [9.17, 15) is 14.1 Å². The number of aliphatic hydroxyl groups is 1. The second-order valence-electron chi connectivity index (χ2n) is 7.03. The predicted octanol–water partition coefficient (Wildman–Crippen LogP) is 2.41. The number of aryl methyl sites for hydroxylation is 1. The Morgan fingerprint density at radius 2 is 1.91 bits per heavy atom. The van der Waals surface area contributed by atoms with E-state index < -0.39 is 16.4 Å². The van der Waals surface area contributed by atoms with Crippen molar-refractivity contribution in [2.24, 2.45) is 23.7 Å². The van der Waals surface area contributed by atoms with Gasteiger partial charge >= 0.3 is 0 Å². The van der Waals surface area contributed by atoms with Crippen molar-refractivity contribution in [3.8, 4) is 0 Å². The number of hydrogen-bond acceptors (Lipinski definition) is 3. The van der Waals surface area contributed by atoms with E-state index in [2.05, 4.69) is 12.2 Å². The van der Waals surface area contributed by atoms with Gasteiger partial charge in [0.1, 0.15) is 0 Å². The van der Waals surface area contributed by atoms with Gasteiger partial charge in [-0.05, 0) is 49.5 Å². The van der Waals surface area contributed by atoms with Gasteiger partial charge in [-0.15, -0.1) is 0 Å². The van der Waals surface area contributed by atoms with E-state index in [1.54, 1.807) is 6.08 Å². The molecule has 1 aromatic carbocycles. The molecule has 4 rings (SSSR count). The lowest BCUT2D eigenvalue weighted by Crippen LogP contribution is -2.50. The molecule has 3 nitrogen and oxygen atoms in total. The minimum Gasteiger partial charge on any atom is -0.384 e. The molecule has 23 heavy (non-hydrogen) atoms. The largest absolute Gasteiger partial charge is 0.384 e. The van der Waals surface area contributed by atoms with E-state index in [1.807, 2.05) is 31.2 Å². The number of rotatable bonds is 3. The molecular weight excluding hydrogens is 308 g/mol. The second-order valence-corrected chi connectivity index (χ2v) is 8.48. The van der Waals surface area contributed by atoms with Crippen LogP contribution in [-0.4, -0.2) is 26.5 Å². The molecule has 0 amide bonds. The fourth-order valence-electron chi connectivity index (χ4n) is 4.47. The molecule has 1 aromatic rings. The van der Waals surface area contributed by atoms with Gasteiger partial charge in [0.15, 0.2) is 5.78 Å². The van der Waals surface area contributed by atoms with Crippen molar-refractivity contribution in [3.05, 3.63) is 54.1 Å². The Kier molecular flexibility index (Phi) is 3.43. The summed E-state index contributed by atoms with van der Waals surface area (Å²) in [6.07, 6.45) is 8.26. The highest BCUT2D eigenvalue weighted by Gasteiger charge is 2.57. The van der Waals surface area contributed by atoms with Crippen molar-refractivity contribution in [1.29, 1.82) is 0 Å². The summed E-state index contributed by atoms with van der Waals surface area (Å²) in [4.78, 5) is 13.0. The fraction of sp³-hybridized carbons (Fsp3) is 0.421. The highest BCUT2D eigenvalue weighted by Crippen LogP contribution is 2.54.